The molecule has 1 amide bonds. The summed E-state index contributed by atoms with van der Waals surface area (Å²) in [5.74, 6) is 0.872. The average Bonchev–Trinajstić information content (AvgIpc) is 3.23. The van der Waals surface area contributed by atoms with Crippen LogP contribution in [0.25, 0.3) is 22.4 Å². The van der Waals surface area contributed by atoms with Crippen LogP contribution < -0.4 is 5.56 Å². The van der Waals surface area contributed by atoms with Crippen molar-refractivity contribution in [2.45, 2.75) is 31.3 Å². The summed E-state index contributed by atoms with van der Waals surface area (Å²) >= 11 is 1.37. The Morgan fingerprint density at radius 3 is 2.52 bits per heavy atom. The predicted octanol–water partition coefficient (Wildman–Crippen LogP) is 3.45. The van der Waals surface area contributed by atoms with Gasteiger partial charge in [-0.05, 0) is 50.5 Å². The molecule has 2 aromatic carbocycles. The van der Waals surface area contributed by atoms with Crippen LogP contribution in [0.3, 0.4) is 0 Å². The molecule has 0 radical (unpaired) electrons. The fraction of sp³-hybridized carbons (Fsp3) is 0.304. The lowest BCUT2D eigenvalue weighted by molar-refractivity contribution is -0.129. The highest BCUT2D eigenvalue weighted by molar-refractivity contribution is 7.99. The maximum absolute atomic E-state index is 13.3. The molecule has 1 fully saturated rings. The summed E-state index contributed by atoms with van der Waals surface area (Å²) in [7, 11) is 0. The molecule has 1 aliphatic heterocycles. The van der Waals surface area contributed by atoms with Crippen LogP contribution in [-0.4, -0.2) is 48.8 Å². The molecule has 0 saturated carbocycles. The topological polar surface area (TPSA) is 72.5 Å². The van der Waals surface area contributed by atoms with Crippen LogP contribution in [0.15, 0.2) is 58.5 Å². The normalized spacial score (nSPS) is 14.4. The van der Waals surface area contributed by atoms with Gasteiger partial charge in [0.15, 0.2) is 5.16 Å². The summed E-state index contributed by atoms with van der Waals surface area (Å²) in [6.07, 6.45) is 3.32. The first-order valence-corrected chi connectivity index (χ1v) is 11.5. The van der Waals surface area contributed by atoms with Crippen molar-refractivity contribution < 1.29 is 4.79 Å². The summed E-state index contributed by atoms with van der Waals surface area (Å²) < 4.78 is 3.47. The Hall–Kier alpha value is -3.13. The zero-order valence-corrected chi connectivity index (χ0v) is 18.1. The van der Waals surface area contributed by atoms with E-state index in [9.17, 15) is 9.59 Å². The molecular formula is C23H23N5O2S. The second kappa shape index (κ2) is 8.19. The molecule has 0 N–H and O–H groups in total. The van der Waals surface area contributed by atoms with Crippen LogP contribution >= 0.6 is 11.8 Å². The Bertz CT molecular complexity index is 1320. The number of likely N-dealkylation sites (tertiary alicyclic amines) is 1. The third kappa shape index (κ3) is 3.61. The molecule has 0 atom stereocenters. The van der Waals surface area contributed by atoms with Gasteiger partial charge in [0.25, 0.3) is 5.56 Å². The number of benzene rings is 2. The number of nitrogens with zero attached hydrogens (tertiary/aromatic N) is 5. The van der Waals surface area contributed by atoms with Crippen LogP contribution in [0.5, 0.6) is 0 Å². The second-order valence-corrected chi connectivity index (χ2v) is 8.78. The lowest BCUT2D eigenvalue weighted by Gasteiger charge is -2.26. The molecule has 8 heteroatoms. The van der Waals surface area contributed by atoms with Gasteiger partial charge in [0, 0.05) is 13.1 Å². The van der Waals surface area contributed by atoms with Gasteiger partial charge in [-0.25, -0.2) is 4.57 Å². The Balaban J connectivity index is 1.60. The SMILES string of the molecule is Cc1ccc(-n2c(=O)c3ccccc3n3c(SCC(=O)N4CCCCC4)nnc23)cc1. The highest BCUT2D eigenvalue weighted by Crippen LogP contribution is 2.24. The molecule has 2 aromatic heterocycles. The molecule has 0 unspecified atom stereocenters. The van der Waals surface area contributed by atoms with E-state index in [0.29, 0.717) is 22.1 Å². The maximum atomic E-state index is 13.3. The van der Waals surface area contributed by atoms with E-state index >= 15 is 0 Å². The smallest absolute Gasteiger partial charge is 0.267 e. The van der Waals surface area contributed by atoms with Crippen molar-refractivity contribution in [2.24, 2.45) is 0 Å². The van der Waals surface area contributed by atoms with Crippen molar-refractivity contribution in [3.8, 4) is 5.69 Å². The Morgan fingerprint density at radius 2 is 1.74 bits per heavy atom. The number of piperidine rings is 1. The number of hydrogen-bond acceptors (Lipinski definition) is 5. The number of amides is 1. The lowest BCUT2D eigenvalue weighted by Crippen LogP contribution is -2.36. The van der Waals surface area contributed by atoms with Gasteiger partial charge in [0.2, 0.25) is 11.7 Å². The Kier molecular flexibility index (Phi) is 5.23. The summed E-state index contributed by atoms with van der Waals surface area (Å²) in [5, 5.41) is 9.89. The zero-order valence-electron chi connectivity index (χ0n) is 17.3. The highest BCUT2D eigenvalue weighted by Gasteiger charge is 2.21. The number of thioether (sulfide) groups is 1. The number of hydrogen-bond donors (Lipinski definition) is 0. The monoisotopic (exact) mass is 433 g/mol. The molecule has 7 nitrogen and oxygen atoms in total. The average molecular weight is 434 g/mol. The van der Waals surface area contributed by atoms with Gasteiger partial charge < -0.3 is 4.90 Å². The van der Waals surface area contributed by atoms with Crippen LogP contribution in [0.1, 0.15) is 24.8 Å². The van der Waals surface area contributed by atoms with Gasteiger partial charge in [-0.1, -0.05) is 41.6 Å². The molecule has 3 heterocycles. The number of rotatable bonds is 4. The van der Waals surface area contributed by atoms with Crippen molar-refractivity contribution in [3.05, 3.63) is 64.4 Å². The van der Waals surface area contributed by atoms with E-state index in [0.717, 1.165) is 42.7 Å². The molecule has 1 saturated heterocycles. The maximum Gasteiger partial charge on any atom is 0.267 e. The minimum Gasteiger partial charge on any atom is -0.342 e. The fourth-order valence-electron chi connectivity index (χ4n) is 4.06. The van der Waals surface area contributed by atoms with Gasteiger partial charge in [-0.3, -0.25) is 14.0 Å². The van der Waals surface area contributed by atoms with E-state index in [1.807, 2.05) is 64.8 Å². The van der Waals surface area contributed by atoms with E-state index in [2.05, 4.69) is 10.2 Å². The first-order chi connectivity index (χ1) is 15.1. The largest absolute Gasteiger partial charge is 0.342 e. The summed E-state index contributed by atoms with van der Waals surface area (Å²) in [6, 6.07) is 15.2. The predicted molar refractivity (Wildman–Crippen MR) is 122 cm³/mol. The van der Waals surface area contributed by atoms with Crippen LogP contribution in [0.2, 0.25) is 0 Å². The zero-order chi connectivity index (χ0) is 21.4. The van der Waals surface area contributed by atoms with E-state index in [1.165, 1.54) is 18.2 Å². The van der Waals surface area contributed by atoms with Gasteiger partial charge >= 0.3 is 0 Å². The molecule has 5 rings (SSSR count). The lowest BCUT2D eigenvalue weighted by atomic mass is 10.1. The minimum absolute atomic E-state index is 0.123. The quantitative estimate of drug-likeness (QED) is 0.461. The second-order valence-electron chi connectivity index (χ2n) is 7.84. The molecule has 0 aliphatic carbocycles. The van der Waals surface area contributed by atoms with E-state index in [-0.39, 0.29) is 11.5 Å². The first kappa shape index (κ1) is 19.8. The number of para-hydroxylation sites is 1. The third-order valence-corrected chi connectivity index (χ3v) is 6.63. The van der Waals surface area contributed by atoms with Crippen molar-refractivity contribution in [2.75, 3.05) is 18.8 Å². The Labute approximate surface area is 183 Å². The summed E-state index contributed by atoms with van der Waals surface area (Å²) in [5.41, 5.74) is 2.45. The van der Waals surface area contributed by atoms with E-state index in [1.54, 1.807) is 4.57 Å². The summed E-state index contributed by atoms with van der Waals surface area (Å²) in [4.78, 5) is 27.9. The van der Waals surface area contributed by atoms with Crippen LogP contribution in [0.4, 0.5) is 0 Å². The van der Waals surface area contributed by atoms with Crippen molar-refractivity contribution >= 4 is 34.3 Å². The van der Waals surface area contributed by atoms with Crippen LogP contribution in [-0.2, 0) is 4.79 Å². The number of carbonyl (C=O) groups excluding carboxylic acids is 1. The van der Waals surface area contributed by atoms with Crippen molar-refractivity contribution in [1.82, 2.24) is 24.1 Å². The number of aryl methyl sites for hydroxylation is 1. The molecule has 158 valence electrons. The number of aromatic nitrogens is 4. The number of carbonyl (C=O) groups is 1. The minimum atomic E-state index is -0.139. The van der Waals surface area contributed by atoms with Crippen molar-refractivity contribution in [3.63, 3.8) is 0 Å². The third-order valence-electron chi connectivity index (χ3n) is 5.72. The molecule has 1 aliphatic rings. The molecule has 0 spiro atoms. The van der Waals surface area contributed by atoms with E-state index < -0.39 is 0 Å². The fourth-order valence-corrected chi connectivity index (χ4v) is 4.90. The van der Waals surface area contributed by atoms with E-state index in [4.69, 9.17) is 0 Å². The van der Waals surface area contributed by atoms with Gasteiger partial charge in [-0.15, -0.1) is 10.2 Å². The standard InChI is InChI=1S/C23H23N5O2S/c1-16-9-11-17(12-10-16)27-21(30)18-7-3-4-8-19(18)28-22(27)24-25-23(28)31-15-20(29)26-13-5-2-6-14-26/h3-4,7-12H,2,5-6,13-15H2,1H3. The van der Waals surface area contributed by atoms with Gasteiger partial charge in [-0.2, -0.15) is 0 Å². The number of fused-ring (bicyclic) bond motifs is 3. The molecule has 31 heavy (non-hydrogen) atoms. The first-order valence-electron chi connectivity index (χ1n) is 10.5. The van der Waals surface area contributed by atoms with Gasteiger partial charge in [0.05, 0.1) is 22.3 Å². The molecule has 0 bridgehead atoms. The van der Waals surface area contributed by atoms with Gasteiger partial charge in [0.1, 0.15) is 0 Å². The molecule has 4 aromatic rings. The summed E-state index contributed by atoms with van der Waals surface area (Å²) in [6.45, 7) is 3.67. The Morgan fingerprint density at radius 1 is 1.00 bits per heavy atom. The highest BCUT2D eigenvalue weighted by atomic mass is 32.2. The van der Waals surface area contributed by atoms with Crippen LogP contribution in [0, 0.1) is 6.92 Å². The molecular weight excluding hydrogens is 410 g/mol. The van der Waals surface area contributed by atoms with Crippen molar-refractivity contribution in [1.29, 1.82) is 0 Å².